The van der Waals surface area contributed by atoms with Crippen molar-refractivity contribution in [1.29, 1.82) is 0 Å². The molecular weight excluding hydrogens is 427 g/mol. The molecule has 0 saturated carbocycles. The Bertz CT molecular complexity index is 1040. The molecule has 1 aliphatic rings. The van der Waals surface area contributed by atoms with Crippen molar-refractivity contribution < 1.29 is 23.5 Å². The van der Waals surface area contributed by atoms with Crippen LogP contribution in [0.2, 0.25) is 0 Å². The average molecular weight is 455 g/mol. The van der Waals surface area contributed by atoms with Crippen molar-refractivity contribution in [3.8, 4) is 11.8 Å². The van der Waals surface area contributed by atoms with Crippen LogP contribution in [0, 0.1) is 17.7 Å². The number of anilines is 1. The molecule has 174 valence electrons. The van der Waals surface area contributed by atoms with Crippen LogP contribution in [0.4, 0.5) is 19.7 Å². The van der Waals surface area contributed by atoms with Gasteiger partial charge < -0.3 is 20.1 Å². The first kappa shape index (κ1) is 23.9. The van der Waals surface area contributed by atoms with E-state index in [1.165, 1.54) is 16.0 Å². The highest BCUT2D eigenvalue weighted by Gasteiger charge is 2.34. The lowest BCUT2D eigenvalue weighted by Crippen LogP contribution is -2.56. The second-order valence-electron chi connectivity index (χ2n) is 8.53. The molecule has 1 atom stereocenters. The number of amides is 2. The highest BCUT2D eigenvalue weighted by atomic mass is 19.1. The zero-order chi connectivity index (χ0) is 24.0. The highest BCUT2D eigenvalue weighted by Crippen LogP contribution is 2.18. The van der Waals surface area contributed by atoms with Gasteiger partial charge >= 0.3 is 12.2 Å². The van der Waals surface area contributed by atoms with Crippen molar-refractivity contribution in [2.45, 2.75) is 39.0 Å². The van der Waals surface area contributed by atoms with E-state index in [-0.39, 0.29) is 37.5 Å². The maximum Gasteiger partial charge on any atom is 0.411 e. The minimum atomic E-state index is -0.749. The van der Waals surface area contributed by atoms with Crippen LogP contribution in [0.5, 0.6) is 0 Å². The van der Waals surface area contributed by atoms with E-state index < -0.39 is 29.6 Å². The lowest BCUT2D eigenvalue weighted by molar-refractivity contribution is 0.00708. The summed E-state index contributed by atoms with van der Waals surface area (Å²) >= 11 is 0. The predicted octanol–water partition coefficient (Wildman–Crippen LogP) is 3.41. The minimum Gasteiger partial charge on any atom is -0.445 e. The normalized spacial score (nSPS) is 15.9. The average Bonchev–Trinajstić information content (AvgIpc) is 2.76. The van der Waals surface area contributed by atoms with Gasteiger partial charge in [-0.3, -0.25) is 9.88 Å². The maximum atomic E-state index is 14.1. The van der Waals surface area contributed by atoms with E-state index >= 15 is 0 Å². The lowest BCUT2D eigenvalue weighted by Gasteiger charge is -2.38. The van der Waals surface area contributed by atoms with E-state index in [4.69, 9.17) is 15.2 Å². The van der Waals surface area contributed by atoms with Gasteiger partial charge in [0.2, 0.25) is 0 Å². The molecule has 0 aliphatic carbocycles. The lowest BCUT2D eigenvalue weighted by atomic mass is 10.1. The molecule has 0 spiro atoms. The Balaban J connectivity index is 1.80. The molecule has 33 heavy (non-hydrogen) atoms. The number of nitrogens with zero attached hydrogens (tertiary/aromatic N) is 3. The molecule has 8 nitrogen and oxygen atoms in total. The number of hydrogen-bond acceptors (Lipinski definition) is 6. The fourth-order valence-electron chi connectivity index (χ4n) is 3.16. The smallest absolute Gasteiger partial charge is 0.411 e. The Morgan fingerprint density at radius 1 is 1.18 bits per heavy atom. The van der Waals surface area contributed by atoms with Gasteiger partial charge in [-0.2, -0.15) is 0 Å². The number of piperazine rings is 1. The molecular formula is C24H27FN4O4. The first-order chi connectivity index (χ1) is 15.6. The van der Waals surface area contributed by atoms with Gasteiger partial charge in [-0.25, -0.2) is 14.0 Å². The molecule has 2 aromatic rings. The van der Waals surface area contributed by atoms with E-state index in [9.17, 15) is 14.0 Å². The SMILES string of the molecule is CC(C)(C)OC(=O)N1CCN(C(=O)OCc2ccccc2)[C@@H](C#Cc2c(N)cncc2F)C1. The number of aromatic nitrogens is 1. The van der Waals surface area contributed by atoms with E-state index in [2.05, 4.69) is 16.8 Å². The first-order valence-electron chi connectivity index (χ1n) is 10.5. The highest BCUT2D eigenvalue weighted by molar-refractivity contribution is 5.72. The minimum absolute atomic E-state index is 0.0167. The molecule has 1 aromatic carbocycles. The number of nitrogen functional groups attached to an aromatic ring is 1. The van der Waals surface area contributed by atoms with Crippen LogP contribution in [0.1, 0.15) is 31.9 Å². The Kier molecular flexibility index (Phi) is 7.38. The van der Waals surface area contributed by atoms with Crippen LogP contribution in [0.3, 0.4) is 0 Å². The van der Waals surface area contributed by atoms with Gasteiger partial charge in [0.15, 0.2) is 5.82 Å². The summed E-state index contributed by atoms with van der Waals surface area (Å²) in [4.78, 5) is 32.0. The van der Waals surface area contributed by atoms with Gasteiger partial charge in [-0.1, -0.05) is 42.2 Å². The number of rotatable bonds is 2. The van der Waals surface area contributed by atoms with Gasteiger partial charge in [0, 0.05) is 13.1 Å². The number of hydrogen-bond donors (Lipinski definition) is 1. The third-order valence-electron chi connectivity index (χ3n) is 4.76. The van der Waals surface area contributed by atoms with Crippen molar-refractivity contribution in [3.05, 3.63) is 59.7 Å². The van der Waals surface area contributed by atoms with E-state index in [0.717, 1.165) is 11.8 Å². The number of nitrogens with two attached hydrogens (primary N) is 1. The van der Waals surface area contributed by atoms with Crippen LogP contribution in [-0.2, 0) is 16.1 Å². The number of carbonyl (C=O) groups excluding carboxylic acids is 2. The number of halogens is 1. The van der Waals surface area contributed by atoms with Crippen molar-refractivity contribution in [2.75, 3.05) is 25.4 Å². The maximum absolute atomic E-state index is 14.1. The van der Waals surface area contributed by atoms with E-state index in [0.29, 0.717) is 0 Å². The Labute approximate surface area is 192 Å². The predicted molar refractivity (Wildman–Crippen MR) is 120 cm³/mol. The molecule has 3 rings (SSSR count). The summed E-state index contributed by atoms with van der Waals surface area (Å²) in [5, 5.41) is 0. The Hall–Kier alpha value is -3.80. The summed E-state index contributed by atoms with van der Waals surface area (Å²) in [5.41, 5.74) is 6.03. The molecule has 1 aliphatic heterocycles. The molecule has 2 amide bonds. The number of pyridine rings is 1. The fraction of sp³-hybridized carbons (Fsp3) is 0.375. The third kappa shape index (κ3) is 6.59. The van der Waals surface area contributed by atoms with Crippen LogP contribution < -0.4 is 5.73 Å². The van der Waals surface area contributed by atoms with Crippen molar-refractivity contribution >= 4 is 17.9 Å². The Morgan fingerprint density at radius 2 is 1.91 bits per heavy atom. The second-order valence-corrected chi connectivity index (χ2v) is 8.53. The van der Waals surface area contributed by atoms with Crippen LogP contribution in [-0.4, -0.2) is 58.2 Å². The zero-order valence-electron chi connectivity index (χ0n) is 18.9. The second kappa shape index (κ2) is 10.2. The van der Waals surface area contributed by atoms with Gasteiger partial charge in [0.25, 0.3) is 0 Å². The molecule has 1 aromatic heterocycles. The molecule has 2 heterocycles. The summed E-state index contributed by atoms with van der Waals surface area (Å²) < 4.78 is 25.0. The standard InChI is InChI=1S/C24H27FN4O4/c1-24(2,3)33-22(30)28-11-12-29(23(31)32-16-17-7-5-4-6-8-17)18(15-28)9-10-19-20(25)13-27-14-21(19)26/h4-8,13-14,18H,11-12,15-16,26H2,1-3H3/t18-/m0/s1. The van der Waals surface area contributed by atoms with Crippen LogP contribution in [0.15, 0.2) is 42.7 Å². The topological polar surface area (TPSA) is 98.0 Å². The van der Waals surface area contributed by atoms with Gasteiger partial charge in [0.1, 0.15) is 18.2 Å². The van der Waals surface area contributed by atoms with Crippen LogP contribution >= 0.6 is 0 Å². The summed E-state index contributed by atoms with van der Waals surface area (Å²) in [6.07, 6.45) is 1.22. The molecule has 0 radical (unpaired) electrons. The number of benzene rings is 1. The van der Waals surface area contributed by atoms with Gasteiger partial charge in [-0.05, 0) is 26.3 Å². The Morgan fingerprint density at radius 3 is 2.58 bits per heavy atom. The number of ether oxygens (including phenoxy) is 2. The molecule has 2 N–H and O–H groups in total. The summed E-state index contributed by atoms with van der Waals surface area (Å²) in [5.74, 6) is 4.91. The molecule has 0 unspecified atom stereocenters. The quantitative estimate of drug-likeness (QED) is 0.699. The molecule has 0 bridgehead atoms. The van der Waals surface area contributed by atoms with Gasteiger partial charge in [-0.15, -0.1) is 0 Å². The van der Waals surface area contributed by atoms with Crippen molar-refractivity contribution in [1.82, 2.24) is 14.8 Å². The van der Waals surface area contributed by atoms with E-state index in [1.807, 2.05) is 30.3 Å². The van der Waals surface area contributed by atoms with Crippen molar-refractivity contribution in [2.24, 2.45) is 0 Å². The third-order valence-corrected chi connectivity index (χ3v) is 4.76. The largest absolute Gasteiger partial charge is 0.445 e. The summed E-state index contributed by atoms with van der Waals surface area (Å²) in [6.45, 7) is 5.92. The van der Waals surface area contributed by atoms with Crippen molar-refractivity contribution in [3.63, 3.8) is 0 Å². The van der Waals surface area contributed by atoms with Gasteiger partial charge in [0.05, 0.1) is 30.2 Å². The summed E-state index contributed by atoms with van der Waals surface area (Å²) in [7, 11) is 0. The fourth-order valence-corrected chi connectivity index (χ4v) is 3.16. The first-order valence-corrected chi connectivity index (χ1v) is 10.5. The molecule has 9 heteroatoms. The van der Waals surface area contributed by atoms with E-state index in [1.54, 1.807) is 20.8 Å². The summed E-state index contributed by atoms with van der Waals surface area (Å²) in [6, 6.07) is 8.52. The van der Waals surface area contributed by atoms with Crippen LogP contribution in [0.25, 0.3) is 0 Å². The zero-order valence-corrected chi connectivity index (χ0v) is 18.9. The number of carbonyl (C=O) groups is 2. The molecule has 1 fully saturated rings. The molecule has 1 saturated heterocycles. The monoisotopic (exact) mass is 454 g/mol.